The molecule has 0 aromatic heterocycles. The van der Waals surface area contributed by atoms with Crippen LogP contribution in [0.15, 0.2) is 24.3 Å². The van der Waals surface area contributed by atoms with E-state index in [0.29, 0.717) is 12.0 Å². The Morgan fingerprint density at radius 3 is 2.60 bits per heavy atom. The van der Waals surface area contributed by atoms with Gasteiger partial charge in [-0.25, -0.2) is 0 Å². The van der Waals surface area contributed by atoms with Gasteiger partial charge in [0.25, 0.3) is 0 Å². The van der Waals surface area contributed by atoms with Crippen molar-refractivity contribution in [2.45, 2.75) is 45.7 Å². The van der Waals surface area contributed by atoms with Crippen molar-refractivity contribution >= 4 is 0 Å². The molecule has 1 aromatic rings. The maximum Gasteiger partial charge on any atom is 0.119 e. The van der Waals surface area contributed by atoms with Crippen molar-refractivity contribution < 1.29 is 4.74 Å². The predicted octanol–water partition coefficient (Wildman–Crippen LogP) is 3.21. The molecule has 3 nitrogen and oxygen atoms in total. The lowest BCUT2D eigenvalue weighted by molar-refractivity contribution is 0.221. The lowest BCUT2D eigenvalue weighted by atomic mass is 10.00. The maximum atomic E-state index is 6.32. The van der Waals surface area contributed by atoms with Gasteiger partial charge in [-0.3, -0.25) is 4.90 Å². The Hall–Kier alpha value is -1.06. The molecule has 1 aromatic carbocycles. The Bertz CT molecular complexity index is 402. The van der Waals surface area contributed by atoms with Gasteiger partial charge in [0.1, 0.15) is 5.75 Å². The topological polar surface area (TPSA) is 38.5 Å². The van der Waals surface area contributed by atoms with E-state index in [1.165, 1.54) is 5.56 Å². The summed E-state index contributed by atoms with van der Waals surface area (Å²) in [5.41, 5.74) is 7.64. The third-order valence-electron chi connectivity index (χ3n) is 3.84. The minimum atomic E-state index is 0.246. The molecule has 2 atom stereocenters. The van der Waals surface area contributed by atoms with Crippen LogP contribution in [0.3, 0.4) is 0 Å². The van der Waals surface area contributed by atoms with Gasteiger partial charge in [-0.05, 0) is 36.5 Å². The molecule has 0 aliphatic carbocycles. The number of hydrogen-bond acceptors (Lipinski definition) is 3. The standard InChI is InChI=1S/C17H28N2O/c1-4-11-20-15-7-5-14(6-8-15)17-16(18)9-10-19(17)12-13(2)3/h5-8,13,16-17H,4,9-12,18H2,1-3H3. The quantitative estimate of drug-likeness (QED) is 0.867. The summed E-state index contributed by atoms with van der Waals surface area (Å²) in [6, 6.07) is 9.10. The van der Waals surface area contributed by atoms with Crippen LogP contribution in [0.4, 0.5) is 0 Å². The zero-order chi connectivity index (χ0) is 14.5. The predicted molar refractivity (Wildman–Crippen MR) is 84.0 cm³/mol. The van der Waals surface area contributed by atoms with E-state index in [2.05, 4.69) is 49.9 Å². The van der Waals surface area contributed by atoms with Crippen LogP contribution in [-0.2, 0) is 0 Å². The summed E-state index contributed by atoms with van der Waals surface area (Å²) in [5, 5.41) is 0. The second-order valence-corrected chi connectivity index (χ2v) is 6.20. The van der Waals surface area contributed by atoms with E-state index in [-0.39, 0.29) is 6.04 Å². The van der Waals surface area contributed by atoms with Crippen LogP contribution in [-0.4, -0.2) is 30.6 Å². The largest absolute Gasteiger partial charge is 0.494 e. The first-order chi connectivity index (χ1) is 9.61. The molecule has 0 radical (unpaired) electrons. The van der Waals surface area contributed by atoms with Crippen molar-refractivity contribution in [2.75, 3.05) is 19.7 Å². The van der Waals surface area contributed by atoms with Crippen molar-refractivity contribution in [3.8, 4) is 5.75 Å². The van der Waals surface area contributed by atoms with Gasteiger partial charge in [0.15, 0.2) is 0 Å². The zero-order valence-corrected chi connectivity index (χ0v) is 13.0. The molecule has 3 heteroatoms. The van der Waals surface area contributed by atoms with Gasteiger partial charge in [0.2, 0.25) is 0 Å². The molecule has 0 saturated carbocycles. The summed E-state index contributed by atoms with van der Waals surface area (Å²) in [7, 11) is 0. The van der Waals surface area contributed by atoms with Gasteiger partial charge < -0.3 is 10.5 Å². The molecule has 2 unspecified atom stereocenters. The van der Waals surface area contributed by atoms with Crippen molar-refractivity contribution in [2.24, 2.45) is 11.7 Å². The Morgan fingerprint density at radius 2 is 2.00 bits per heavy atom. The fraction of sp³-hybridized carbons (Fsp3) is 0.647. The molecule has 2 N–H and O–H groups in total. The molecule has 20 heavy (non-hydrogen) atoms. The zero-order valence-electron chi connectivity index (χ0n) is 13.0. The Labute approximate surface area is 123 Å². The van der Waals surface area contributed by atoms with E-state index in [9.17, 15) is 0 Å². The normalized spacial score (nSPS) is 23.4. The number of hydrogen-bond donors (Lipinski definition) is 1. The first kappa shape index (κ1) is 15.3. The molecule has 1 aliphatic heterocycles. The van der Waals surface area contributed by atoms with Crippen molar-refractivity contribution in [3.05, 3.63) is 29.8 Å². The highest BCUT2D eigenvalue weighted by Crippen LogP contribution is 2.32. The Balaban J connectivity index is 2.07. The number of likely N-dealkylation sites (tertiary alicyclic amines) is 1. The molecule has 0 bridgehead atoms. The molecule has 1 aliphatic rings. The van der Waals surface area contributed by atoms with E-state index in [1.54, 1.807) is 0 Å². The minimum absolute atomic E-state index is 0.246. The summed E-state index contributed by atoms with van der Waals surface area (Å²) in [5.74, 6) is 1.63. The molecule has 0 spiro atoms. The van der Waals surface area contributed by atoms with Crippen LogP contribution >= 0.6 is 0 Å². The average Bonchev–Trinajstić information content (AvgIpc) is 2.77. The molecule has 0 amide bonds. The Morgan fingerprint density at radius 1 is 1.30 bits per heavy atom. The molecular formula is C17H28N2O. The van der Waals surface area contributed by atoms with Crippen LogP contribution in [0.1, 0.15) is 45.2 Å². The van der Waals surface area contributed by atoms with E-state index in [1.807, 2.05) is 0 Å². The van der Waals surface area contributed by atoms with Crippen LogP contribution in [0.25, 0.3) is 0 Å². The lowest BCUT2D eigenvalue weighted by Crippen LogP contribution is -2.33. The monoisotopic (exact) mass is 276 g/mol. The lowest BCUT2D eigenvalue weighted by Gasteiger charge is -2.28. The number of rotatable bonds is 6. The van der Waals surface area contributed by atoms with Gasteiger partial charge in [-0.15, -0.1) is 0 Å². The smallest absolute Gasteiger partial charge is 0.119 e. The van der Waals surface area contributed by atoms with Gasteiger partial charge in [-0.2, -0.15) is 0 Å². The van der Waals surface area contributed by atoms with E-state index in [0.717, 1.165) is 38.3 Å². The van der Waals surface area contributed by atoms with Crippen LogP contribution in [0.2, 0.25) is 0 Å². The summed E-state index contributed by atoms with van der Waals surface area (Å²) in [6.07, 6.45) is 2.13. The summed E-state index contributed by atoms with van der Waals surface area (Å²) >= 11 is 0. The molecule has 2 rings (SSSR count). The average molecular weight is 276 g/mol. The first-order valence-corrected chi connectivity index (χ1v) is 7.84. The van der Waals surface area contributed by atoms with Gasteiger partial charge in [0, 0.05) is 25.2 Å². The van der Waals surface area contributed by atoms with Crippen LogP contribution in [0.5, 0.6) is 5.75 Å². The summed E-state index contributed by atoms with van der Waals surface area (Å²) in [4.78, 5) is 2.53. The van der Waals surface area contributed by atoms with E-state index in [4.69, 9.17) is 10.5 Å². The molecule has 1 saturated heterocycles. The van der Waals surface area contributed by atoms with E-state index < -0.39 is 0 Å². The fourth-order valence-electron chi connectivity index (χ4n) is 3.00. The highest BCUT2D eigenvalue weighted by Gasteiger charge is 2.32. The highest BCUT2D eigenvalue weighted by molar-refractivity contribution is 5.30. The number of benzene rings is 1. The van der Waals surface area contributed by atoms with Crippen molar-refractivity contribution in [1.29, 1.82) is 0 Å². The van der Waals surface area contributed by atoms with E-state index >= 15 is 0 Å². The first-order valence-electron chi connectivity index (χ1n) is 7.84. The maximum absolute atomic E-state index is 6.32. The summed E-state index contributed by atoms with van der Waals surface area (Å²) in [6.45, 7) is 9.66. The summed E-state index contributed by atoms with van der Waals surface area (Å²) < 4.78 is 5.65. The number of ether oxygens (including phenoxy) is 1. The number of nitrogens with zero attached hydrogens (tertiary/aromatic N) is 1. The van der Waals surface area contributed by atoms with Crippen LogP contribution < -0.4 is 10.5 Å². The SMILES string of the molecule is CCCOc1ccc(C2C(N)CCN2CC(C)C)cc1. The Kier molecular flexibility index (Phi) is 5.44. The minimum Gasteiger partial charge on any atom is -0.494 e. The molecule has 1 fully saturated rings. The molecule has 1 heterocycles. The van der Waals surface area contributed by atoms with Gasteiger partial charge in [-0.1, -0.05) is 32.9 Å². The molecule has 112 valence electrons. The van der Waals surface area contributed by atoms with Gasteiger partial charge >= 0.3 is 0 Å². The second-order valence-electron chi connectivity index (χ2n) is 6.20. The van der Waals surface area contributed by atoms with Gasteiger partial charge in [0.05, 0.1) is 6.61 Å². The fourth-order valence-corrected chi connectivity index (χ4v) is 3.00. The molecular weight excluding hydrogens is 248 g/mol. The van der Waals surface area contributed by atoms with Crippen molar-refractivity contribution in [3.63, 3.8) is 0 Å². The third kappa shape index (κ3) is 3.74. The third-order valence-corrected chi connectivity index (χ3v) is 3.84. The number of nitrogens with two attached hydrogens (primary N) is 1. The van der Waals surface area contributed by atoms with Crippen LogP contribution in [0, 0.1) is 5.92 Å². The highest BCUT2D eigenvalue weighted by atomic mass is 16.5. The van der Waals surface area contributed by atoms with Crippen molar-refractivity contribution in [1.82, 2.24) is 4.90 Å². The second kappa shape index (κ2) is 7.09.